The van der Waals surface area contributed by atoms with E-state index in [1.165, 1.54) is 17.0 Å². The minimum absolute atomic E-state index is 0.00820. The van der Waals surface area contributed by atoms with Crippen molar-refractivity contribution in [1.82, 2.24) is 4.90 Å². The maximum Gasteiger partial charge on any atom is 0.255 e. The van der Waals surface area contributed by atoms with E-state index in [-0.39, 0.29) is 47.6 Å². The van der Waals surface area contributed by atoms with Gasteiger partial charge in [0.15, 0.2) is 17.1 Å². The topological polar surface area (TPSA) is 224 Å². The number of aliphatic hydroxyl groups excluding tert-OH is 2. The molecule has 0 saturated heterocycles. The third-order valence-corrected chi connectivity index (χ3v) is 8.86. The minimum atomic E-state index is -2.72. The van der Waals surface area contributed by atoms with Gasteiger partial charge < -0.3 is 41.6 Å². The Bertz CT molecular complexity index is 1630. The molecule has 0 radical (unpaired) electrons. The summed E-state index contributed by atoms with van der Waals surface area (Å²) in [5.74, 6) is -7.13. The number of nitrogens with zero attached hydrogens (tertiary/aromatic N) is 2. The summed E-state index contributed by atoms with van der Waals surface area (Å²) in [5.41, 5.74) is 3.74. The van der Waals surface area contributed by atoms with Crippen molar-refractivity contribution >= 4 is 40.3 Å². The number of amides is 1. The van der Waals surface area contributed by atoms with Crippen LogP contribution in [-0.2, 0) is 27.3 Å². The summed E-state index contributed by atoms with van der Waals surface area (Å²) in [7, 11) is 6.64. The van der Waals surface area contributed by atoms with E-state index < -0.39 is 63.3 Å². The largest absolute Gasteiger partial charge is 0.595 e. The van der Waals surface area contributed by atoms with Crippen LogP contribution in [0.2, 0.25) is 0 Å². The number of primary amides is 1. The van der Waals surface area contributed by atoms with Gasteiger partial charge in [-0.05, 0) is 50.0 Å². The first-order chi connectivity index (χ1) is 20.6. The maximum atomic E-state index is 14.1. The quantitative estimate of drug-likeness (QED) is 0.118. The number of nitrogens with one attached hydrogen (secondary N) is 2. The third kappa shape index (κ3) is 4.58. The van der Waals surface area contributed by atoms with Crippen molar-refractivity contribution in [1.29, 1.82) is 0 Å². The van der Waals surface area contributed by atoms with Crippen molar-refractivity contribution in [2.24, 2.45) is 17.6 Å². The molecule has 0 heterocycles. The van der Waals surface area contributed by atoms with Crippen molar-refractivity contribution in [2.75, 3.05) is 38.4 Å². The van der Waals surface area contributed by atoms with Gasteiger partial charge in [-0.3, -0.25) is 19.3 Å². The number of hydrogen-bond donors (Lipinski definition) is 8. The first-order valence-corrected chi connectivity index (χ1v) is 13.9. The Balaban J connectivity index is 1.62. The fourth-order valence-electron chi connectivity index (χ4n) is 6.79. The zero-order chi connectivity index (χ0) is 32.4. The van der Waals surface area contributed by atoms with Crippen molar-refractivity contribution < 1.29 is 45.2 Å². The van der Waals surface area contributed by atoms with E-state index in [1.807, 2.05) is 0 Å². The van der Waals surface area contributed by atoms with Gasteiger partial charge in [0.25, 0.3) is 5.91 Å². The molecular formula is C30H35N5O9. The van der Waals surface area contributed by atoms with Crippen molar-refractivity contribution in [2.45, 2.75) is 31.0 Å². The van der Waals surface area contributed by atoms with Gasteiger partial charge in [-0.25, -0.2) is 5.21 Å². The van der Waals surface area contributed by atoms with Gasteiger partial charge in [0.2, 0.25) is 5.78 Å². The van der Waals surface area contributed by atoms with E-state index in [1.54, 1.807) is 51.3 Å². The van der Waals surface area contributed by atoms with Crippen LogP contribution in [0.1, 0.15) is 23.1 Å². The molecule has 44 heavy (non-hydrogen) atoms. The van der Waals surface area contributed by atoms with Gasteiger partial charge in [0.05, 0.1) is 17.3 Å². The lowest BCUT2D eigenvalue weighted by atomic mass is 9.57. The second-order valence-corrected chi connectivity index (χ2v) is 11.9. The standard InChI is InChI=1S/C30H35N5O9/c1-33(2)19-11-18(32-12-13-5-7-15(8-6-13)35(43)44)24(36)21-16(19)9-14-10-17-23(34(3)4)26(38)22(29(31)41)28(40)30(17,42)27(39)20(14)25(21)37/h5-8,11,14,17,23,32,35-37,40,42-43H,9-10,12H2,1-4H3,(H2,31,41)/t14-,17-,23-,30-/m0/s1. The third-order valence-electron chi connectivity index (χ3n) is 8.86. The number of fused-ring (bicyclic) bond motifs is 3. The number of carbonyl (C=O) groups excluding carboxylic acids is 3. The number of phenols is 1. The van der Waals surface area contributed by atoms with E-state index in [0.29, 0.717) is 16.8 Å². The molecule has 0 aliphatic heterocycles. The van der Waals surface area contributed by atoms with E-state index >= 15 is 0 Å². The zero-order valence-corrected chi connectivity index (χ0v) is 24.6. The number of rotatable bonds is 7. The number of Topliss-reactive ketones (excluding diaryl/α,β-unsaturated/α-hetero) is 2. The highest BCUT2D eigenvalue weighted by Gasteiger charge is 2.64. The molecule has 5 rings (SSSR count). The fourth-order valence-corrected chi connectivity index (χ4v) is 6.79. The van der Waals surface area contributed by atoms with Crippen LogP contribution in [0.25, 0.3) is 5.76 Å². The van der Waals surface area contributed by atoms with Crippen LogP contribution >= 0.6 is 0 Å². The number of likely N-dealkylation sites (N-methyl/N-ethyl adjacent to an activating group) is 1. The lowest BCUT2D eigenvalue weighted by Crippen LogP contribution is -2.99. The molecule has 9 N–H and O–H groups in total. The average molecular weight is 610 g/mol. The minimum Gasteiger partial charge on any atom is -0.595 e. The molecule has 0 aromatic heterocycles. The lowest BCUT2D eigenvalue weighted by molar-refractivity contribution is -0.991. The monoisotopic (exact) mass is 609 g/mol. The van der Waals surface area contributed by atoms with Gasteiger partial charge in [0.1, 0.15) is 22.8 Å². The number of carbonyl (C=O) groups is 3. The number of phenolic OH excluding ortho intramolecular Hbond substituents is 1. The number of quaternary nitrogens is 1. The molecular weight excluding hydrogens is 574 g/mol. The Labute approximate surface area is 252 Å². The number of aliphatic hydroxyl groups is 3. The summed E-state index contributed by atoms with van der Waals surface area (Å²) in [6.07, 6.45) is 0.151. The highest BCUT2D eigenvalue weighted by molar-refractivity contribution is 6.24. The molecule has 0 spiro atoms. The second-order valence-electron chi connectivity index (χ2n) is 11.9. The van der Waals surface area contributed by atoms with Crippen molar-refractivity contribution in [3.8, 4) is 5.75 Å². The summed E-state index contributed by atoms with van der Waals surface area (Å²) in [4.78, 5) is 42.8. The maximum absolute atomic E-state index is 14.1. The van der Waals surface area contributed by atoms with Gasteiger partial charge in [-0.15, -0.1) is 0 Å². The molecule has 2 aromatic carbocycles. The number of aromatic hydroxyl groups is 1. The molecule has 14 nitrogen and oxygen atoms in total. The number of anilines is 2. The number of ketones is 2. The van der Waals surface area contributed by atoms with E-state index in [4.69, 9.17) is 10.9 Å². The van der Waals surface area contributed by atoms with Gasteiger partial charge in [-0.1, -0.05) is 12.1 Å². The zero-order valence-electron chi connectivity index (χ0n) is 24.6. The Morgan fingerprint density at radius 1 is 1.14 bits per heavy atom. The number of hydrogen-bond acceptors (Lipinski definition) is 12. The highest BCUT2D eigenvalue weighted by atomic mass is 16.8. The summed E-state index contributed by atoms with van der Waals surface area (Å²) < 4.78 is 0. The highest BCUT2D eigenvalue weighted by Crippen LogP contribution is 2.54. The SMILES string of the molecule is CN(C)c1cc(NCc2ccc([NH+]([O-])O)cc2)c(O)c2c1C[C@H]1C[C@H]3[C@H](N(C)C)C(=O)C(C(N)=O)=C(O)[C@@]3(O)C(=O)C1=C2O. The molecule has 1 amide bonds. The van der Waals surface area contributed by atoms with Crippen LogP contribution in [0.15, 0.2) is 47.2 Å². The molecule has 5 atom stereocenters. The Morgan fingerprint density at radius 2 is 1.77 bits per heavy atom. The summed E-state index contributed by atoms with van der Waals surface area (Å²) in [6.45, 7) is 0.188. The Hall–Kier alpha value is -4.47. The second kappa shape index (κ2) is 10.9. The van der Waals surface area contributed by atoms with E-state index in [2.05, 4.69) is 5.32 Å². The van der Waals surface area contributed by atoms with Gasteiger partial charge in [0, 0.05) is 50.0 Å². The Morgan fingerprint density at radius 3 is 2.32 bits per heavy atom. The van der Waals surface area contributed by atoms with Crippen LogP contribution in [-0.4, -0.2) is 87.8 Å². The smallest absolute Gasteiger partial charge is 0.255 e. The first-order valence-electron chi connectivity index (χ1n) is 13.9. The normalized spacial score (nSPS) is 25.4. The first kappa shape index (κ1) is 31.0. The predicted molar refractivity (Wildman–Crippen MR) is 158 cm³/mol. The molecule has 3 aliphatic rings. The van der Waals surface area contributed by atoms with E-state index in [0.717, 1.165) is 0 Å². The number of nitrogens with two attached hydrogens (primary N) is 1. The van der Waals surface area contributed by atoms with Crippen molar-refractivity contribution in [3.05, 3.63) is 69.1 Å². The summed E-state index contributed by atoms with van der Waals surface area (Å²) in [6, 6.07) is 6.68. The Kier molecular flexibility index (Phi) is 7.68. The molecule has 0 bridgehead atoms. The molecule has 234 valence electrons. The molecule has 3 aliphatic carbocycles. The van der Waals surface area contributed by atoms with Crippen LogP contribution in [0.4, 0.5) is 17.1 Å². The summed E-state index contributed by atoms with van der Waals surface area (Å²) >= 11 is 0. The average Bonchev–Trinajstić information content (AvgIpc) is 2.94. The fraction of sp³-hybridized carbons (Fsp3) is 0.367. The van der Waals surface area contributed by atoms with Gasteiger partial charge >= 0.3 is 0 Å². The predicted octanol–water partition coefficient (Wildman–Crippen LogP) is 0.0455. The van der Waals surface area contributed by atoms with Crippen molar-refractivity contribution in [3.63, 3.8) is 0 Å². The summed E-state index contributed by atoms with van der Waals surface area (Å²) in [5, 5.41) is 68.2. The van der Waals surface area contributed by atoms with E-state index in [9.17, 15) is 40.0 Å². The molecule has 1 fully saturated rings. The van der Waals surface area contributed by atoms with Gasteiger partial charge in [-0.2, -0.15) is 5.23 Å². The van der Waals surface area contributed by atoms with Crippen LogP contribution in [0.3, 0.4) is 0 Å². The molecule has 1 unspecified atom stereocenters. The molecule has 1 saturated carbocycles. The lowest BCUT2D eigenvalue weighted by Gasteiger charge is -2.50. The number of benzene rings is 2. The van der Waals surface area contributed by atoms with Crippen LogP contribution < -0.4 is 21.2 Å². The molecule has 2 aromatic rings. The molecule has 14 heteroatoms. The van der Waals surface area contributed by atoms with Crippen LogP contribution in [0, 0.1) is 17.0 Å². The van der Waals surface area contributed by atoms with Crippen LogP contribution in [0.5, 0.6) is 5.75 Å².